The average molecular weight is 402 g/mol. The van der Waals surface area contributed by atoms with Gasteiger partial charge in [0, 0.05) is 37.8 Å². The smallest absolute Gasteiger partial charge is 0.257 e. The number of anilines is 1. The molecule has 152 valence electrons. The first kappa shape index (κ1) is 18.4. The zero-order valence-electron chi connectivity index (χ0n) is 16.9. The molecule has 2 aromatic carbocycles. The van der Waals surface area contributed by atoms with Crippen LogP contribution in [-0.2, 0) is 0 Å². The van der Waals surface area contributed by atoms with Gasteiger partial charge in [-0.2, -0.15) is 0 Å². The van der Waals surface area contributed by atoms with Crippen molar-refractivity contribution in [3.8, 4) is 11.5 Å². The summed E-state index contributed by atoms with van der Waals surface area (Å²) >= 11 is 0. The molecule has 7 nitrogen and oxygen atoms in total. The summed E-state index contributed by atoms with van der Waals surface area (Å²) in [6.45, 7) is 2.08. The number of amides is 1. The van der Waals surface area contributed by atoms with Crippen molar-refractivity contribution < 1.29 is 14.3 Å². The zero-order chi connectivity index (χ0) is 20.7. The number of carbonyl (C=O) groups is 1. The maximum atomic E-state index is 13.1. The van der Waals surface area contributed by atoms with E-state index in [2.05, 4.69) is 16.1 Å². The van der Waals surface area contributed by atoms with Crippen molar-refractivity contribution in [3.05, 3.63) is 66.0 Å². The Kier molecular flexibility index (Phi) is 4.50. The summed E-state index contributed by atoms with van der Waals surface area (Å²) in [6, 6.07) is 13.1. The average Bonchev–Trinajstić information content (AvgIpc) is 3.37. The quantitative estimate of drug-likeness (QED) is 0.668. The Labute approximate surface area is 174 Å². The molecule has 7 heteroatoms. The first-order chi connectivity index (χ1) is 14.7. The second-order valence-electron chi connectivity index (χ2n) is 7.52. The van der Waals surface area contributed by atoms with E-state index in [-0.39, 0.29) is 5.91 Å². The Morgan fingerprint density at radius 3 is 2.67 bits per heavy atom. The van der Waals surface area contributed by atoms with Crippen molar-refractivity contribution >= 4 is 22.8 Å². The molecule has 1 fully saturated rings. The lowest BCUT2D eigenvalue weighted by atomic mass is 10.1. The molecule has 1 atom stereocenters. The lowest BCUT2D eigenvalue weighted by Gasteiger charge is -2.21. The molecule has 0 bridgehead atoms. The third-order valence-electron chi connectivity index (χ3n) is 5.73. The predicted octanol–water partition coefficient (Wildman–Crippen LogP) is 3.12. The number of benzene rings is 2. The first-order valence-electron chi connectivity index (χ1n) is 9.86. The van der Waals surface area contributed by atoms with Crippen molar-refractivity contribution in [2.45, 2.75) is 0 Å². The minimum Gasteiger partial charge on any atom is -0.497 e. The Morgan fingerprint density at radius 2 is 1.90 bits per heavy atom. The molecule has 0 N–H and O–H groups in total. The molecule has 3 heterocycles. The van der Waals surface area contributed by atoms with Gasteiger partial charge in [-0.3, -0.25) is 9.78 Å². The number of likely N-dealkylation sites (tertiary alicyclic amines) is 1. The molecule has 0 aliphatic carbocycles. The summed E-state index contributed by atoms with van der Waals surface area (Å²) < 4.78 is 10.6. The van der Waals surface area contributed by atoms with Gasteiger partial charge < -0.3 is 19.3 Å². The maximum Gasteiger partial charge on any atom is 0.257 e. The van der Waals surface area contributed by atoms with Crippen LogP contribution in [0.15, 0.2) is 60.4 Å². The Bertz CT molecular complexity index is 1160. The van der Waals surface area contributed by atoms with Gasteiger partial charge in [-0.05, 0) is 29.8 Å². The van der Waals surface area contributed by atoms with Crippen LogP contribution in [0.2, 0.25) is 0 Å². The molecule has 2 aliphatic rings. The molecule has 2 aliphatic heterocycles. The fourth-order valence-corrected chi connectivity index (χ4v) is 4.15. The third kappa shape index (κ3) is 3.12. The fourth-order valence-electron chi connectivity index (χ4n) is 4.15. The summed E-state index contributed by atoms with van der Waals surface area (Å²) in [6.07, 6.45) is 3.92. The number of aromatic nitrogens is 2. The van der Waals surface area contributed by atoms with E-state index in [1.807, 2.05) is 35.4 Å². The highest BCUT2D eigenvalue weighted by molar-refractivity contribution is 5.97. The maximum absolute atomic E-state index is 13.1. The number of fused-ring (bicyclic) bond motifs is 2. The Balaban J connectivity index is 1.34. The number of ether oxygens (including phenoxy) is 2. The summed E-state index contributed by atoms with van der Waals surface area (Å²) in [5, 5.41) is 0. The largest absolute Gasteiger partial charge is 0.497 e. The Morgan fingerprint density at radius 1 is 1.07 bits per heavy atom. The summed E-state index contributed by atoms with van der Waals surface area (Å²) in [4.78, 5) is 26.4. The first-order valence-corrected chi connectivity index (χ1v) is 9.86. The molecule has 30 heavy (non-hydrogen) atoms. The van der Waals surface area contributed by atoms with E-state index in [1.54, 1.807) is 32.4 Å². The SMILES string of the molecule is COc1ccc(C(=O)N2CC3=CN(c4cnc5ccccc5n4)CC3C2)c(OC)c1. The number of nitrogens with zero attached hydrogens (tertiary/aromatic N) is 4. The Hall–Kier alpha value is -3.61. The van der Waals surface area contributed by atoms with Crippen molar-refractivity contribution in [3.63, 3.8) is 0 Å². The van der Waals surface area contributed by atoms with Crippen LogP contribution >= 0.6 is 0 Å². The highest BCUT2D eigenvalue weighted by Crippen LogP contribution is 2.34. The van der Waals surface area contributed by atoms with Crippen molar-refractivity contribution in [1.82, 2.24) is 14.9 Å². The molecule has 0 saturated carbocycles. The summed E-state index contributed by atoms with van der Waals surface area (Å²) in [5.41, 5.74) is 3.56. The molecule has 1 aromatic heterocycles. The molecule has 1 saturated heterocycles. The highest BCUT2D eigenvalue weighted by atomic mass is 16.5. The van der Waals surface area contributed by atoms with E-state index in [0.717, 1.165) is 23.4 Å². The van der Waals surface area contributed by atoms with Gasteiger partial charge in [0.05, 0.1) is 37.0 Å². The molecule has 3 aromatic rings. The number of hydrogen-bond donors (Lipinski definition) is 0. The van der Waals surface area contributed by atoms with Gasteiger partial charge in [-0.15, -0.1) is 0 Å². The van der Waals surface area contributed by atoms with E-state index in [0.29, 0.717) is 36.1 Å². The van der Waals surface area contributed by atoms with Gasteiger partial charge in [-0.25, -0.2) is 4.98 Å². The second kappa shape index (κ2) is 7.33. The second-order valence-corrected chi connectivity index (χ2v) is 7.52. The van der Waals surface area contributed by atoms with Gasteiger partial charge in [0.25, 0.3) is 5.91 Å². The molecular formula is C23H22N4O3. The highest BCUT2D eigenvalue weighted by Gasteiger charge is 2.37. The molecule has 5 rings (SSSR count). The monoisotopic (exact) mass is 402 g/mol. The summed E-state index contributed by atoms with van der Waals surface area (Å²) in [5.74, 6) is 2.30. The van der Waals surface area contributed by atoms with Gasteiger partial charge in [0.15, 0.2) is 5.82 Å². The molecule has 0 radical (unpaired) electrons. The standard InChI is InChI=1S/C23H22N4O3/c1-29-17-7-8-18(21(9-17)30-2)23(28)27-13-15-11-26(12-16(15)14-27)22-10-24-19-5-3-4-6-20(19)25-22/h3-11,16H,12-14H2,1-2H3. The molecule has 1 amide bonds. The van der Waals surface area contributed by atoms with Crippen LogP contribution in [0.4, 0.5) is 5.82 Å². The number of rotatable bonds is 4. The van der Waals surface area contributed by atoms with E-state index in [9.17, 15) is 4.79 Å². The fraction of sp³-hybridized carbons (Fsp3) is 0.261. The van der Waals surface area contributed by atoms with Crippen LogP contribution in [0, 0.1) is 5.92 Å². The van der Waals surface area contributed by atoms with Crippen LogP contribution in [-0.4, -0.2) is 54.6 Å². The third-order valence-corrected chi connectivity index (χ3v) is 5.73. The van der Waals surface area contributed by atoms with Crippen molar-refractivity contribution in [2.24, 2.45) is 5.92 Å². The van der Waals surface area contributed by atoms with E-state index >= 15 is 0 Å². The number of methoxy groups -OCH3 is 2. The molecule has 0 spiro atoms. The number of carbonyl (C=O) groups excluding carboxylic acids is 1. The van der Waals surface area contributed by atoms with Crippen LogP contribution < -0.4 is 14.4 Å². The van der Waals surface area contributed by atoms with Crippen molar-refractivity contribution in [1.29, 1.82) is 0 Å². The van der Waals surface area contributed by atoms with E-state index in [1.165, 1.54) is 5.57 Å². The van der Waals surface area contributed by atoms with Gasteiger partial charge >= 0.3 is 0 Å². The normalized spacial score (nSPS) is 17.8. The van der Waals surface area contributed by atoms with Gasteiger partial charge in [-0.1, -0.05) is 12.1 Å². The van der Waals surface area contributed by atoms with Crippen LogP contribution in [0.3, 0.4) is 0 Å². The topological polar surface area (TPSA) is 67.8 Å². The van der Waals surface area contributed by atoms with E-state index in [4.69, 9.17) is 14.5 Å². The minimum atomic E-state index is -0.0261. The van der Waals surface area contributed by atoms with Crippen LogP contribution in [0.25, 0.3) is 11.0 Å². The number of para-hydroxylation sites is 2. The van der Waals surface area contributed by atoms with Crippen LogP contribution in [0.5, 0.6) is 11.5 Å². The minimum absolute atomic E-state index is 0.0261. The predicted molar refractivity (Wildman–Crippen MR) is 114 cm³/mol. The number of hydrogen-bond acceptors (Lipinski definition) is 6. The zero-order valence-corrected chi connectivity index (χ0v) is 16.9. The van der Waals surface area contributed by atoms with Gasteiger partial charge in [0.1, 0.15) is 11.5 Å². The van der Waals surface area contributed by atoms with Crippen molar-refractivity contribution in [2.75, 3.05) is 38.8 Å². The van der Waals surface area contributed by atoms with E-state index < -0.39 is 0 Å². The molecule has 1 unspecified atom stereocenters. The summed E-state index contributed by atoms with van der Waals surface area (Å²) in [7, 11) is 3.16. The lowest BCUT2D eigenvalue weighted by Crippen LogP contribution is -2.31. The molecular weight excluding hydrogens is 380 g/mol. The van der Waals surface area contributed by atoms with Crippen LogP contribution in [0.1, 0.15) is 10.4 Å². The lowest BCUT2D eigenvalue weighted by molar-refractivity contribution is 0.0785. The van der Waals surface area contributed by atoms with Gasteiger partial charge in [0.2, 0.25) is 0 Å².